The van der Waals surface area contributed by atoms with Gasteiger partial charge in [0, 0.05) is 68.0 Å². The van der Waals surface area contributed by atoms with Gasteiger partial charge in [-0.3, -0.25) is 9.78 Å². The Labute approximate surface area is 224 Å². The normalized spacial score (nSPS) is 19.6. The number of amides is 1. The Morgan fingerprint density at radius 1 is 1.13 bits per heavy atom. The van der Waals surface area contributed by atoms with Crippen LogP contribution < -0.4 is 5.32 Å². The first-order valence-electron chi connectivity index (χ1n) is 13.6. The fraction of sp³-hybridized carbons (Fsp3) is 0.533. The molecule has 0 spiro atoms. The van der Waals surface area contributed by atoms with E-state index >= 15 is 0 Å². The smallest absolute Gasteiger partial charge is 0.230 e. The molecule has 2 aliphatic heterocycles. The third-order valence-electron chi connectivity index (χ3n) is 8.16. The maximum atomic E-state index is 12.4. The van der Waals surface area contributed by atoms with Crippen LogP contribution in [0.4, 0.5) is 0 Å². The minimum atomic E-state index is -1.24. The van der Waals surface area contributed by atoms with Gasteiger partial charge in [0.2, 0.25) is 17.6 Å². The number of piperidine rings is 1. The maximum Gasteiger partial charge on any atom is 0.230 e. The topological polar surface area (TPSA) is 104 Å². The lowest BCUT2D eigenvalue weighted by Crippen LogP contribution is -2.63. The molecule has 2 N–H and O–H groups in total. The molecule has 2 fully saturated rings. The van der Waals surface area contributed by atoms with Crippen LogP contribution in [0.25, 0.3) is 11.4 Å². The number of aliphatic hydroxyl groups is 1. The summed E-state index contributed by atoms with van der Waals surface area (Å²) in [6.45, 7) is 13.2. The van der Waals surface area contributed by atoms with Crippen LogP contribution in [-0.2, 0) is 16.8 Å². The molecular formula is C30H39N5O3. The van der Waals surface area contributed by atoms with Crippen LogP contribution >= 0.6 is 0 Å². The Morgan fingerprint density at radius 2 is 1.82 bits per heavy atom. The predicted molar refractivity (Wildman–Crippen MR) is 145 cm³/mol. The lowest BCUT2D eigenvalue weighted by Gasteiger charge is -2.52. The number of carbonyl (C=O) groups excluding carboxylic acids is 1. The minimum Gasteiger partial charge on any atom is -0.380 e. The van der Waals surface area contributed by atoms with E-state index < -0.39 is 11.0 Å². The number of nitrogens with zero attached hydrogens (tertiary/aromatic N) is 4. The van der Waals surface area contributed by atoms with Gasteiger partial charge in [-0.1, -0.05) is 57.1 Å². The summed E-state index contributed by atoms with van der Waals surface area (Å²) in [5.41, 5.74) is 2.07. The van der Waals surface area contributed by atoms with Crippen LogP contribution in [0.3, 0.4) is 0 Å². The van der Waals surface area contributed by atoms with Gasteiger partial charge < -0.3 is 19.8 Å². The van der Waals surface area contributed by atoms with Gasteiger partial charge in [0.05, 0.1) is 0 Å². The number of pyridine rings is 1. The molecule has 2 aromatic heterocycles. The summed E-state index contributed by atoms with van der Waals surface area (Å²) in [5.74, 6) is 1.28. The number of likely N-dealkylation sites (tertiary alicyclic amines) is 1. The lowest BCUT2D eigenvalue weighted by molar-refractivity contribution is -0.129. The molecule has 8 nitrogen and oxygen atoms in total. The quantitative estimate of drug-likeness (QED) is 0.503. The highest BCUT2D eigenvalue weighted by Crippen LogP contribution is 2.48. The summed E-state index contributed by atoms with van der Waals surface area (Å²) in [6, 6.07) is 10.3. The van der Waals surface area contributed by atoms with Gasteiger partial charge in [-0.25, -0.2) is 0 Å². The Bertz CT molecular complexity index is 1280. The van der Waals surface area contributed by atoms with Gasteiger partial charge in [-0.15, -0.1) is 0 Å². The molecule has 5 rings (SSSR count). The van der Waals surface area contributed by atoms with E-state index in [-0.39, 0.29) is 17.2 Å². The monoisotopic (exact) mass is 517 g/mol. The van der Waals surface area contributed by atoms with Gasteiger partial charge >= 0.3 is 0 Å². The fourth-order valence-corrected chi connectivity index (χ4v) is 5.82. The minimum absolute atomic E-state index is 0.101. The zero-order valence-electron chi connectivity index (χ0n) is 23.1. The largest absolute Gasteiger partial charge is 0.380 e. The molecule has 38 heavy (non-hydrogen) atoms. The second kappa shape index (κ2) is 9.89. The second-order valence-corrected chi connectivity index (χ2v) is 12.5. The Kier molecular flexibility index (Phi) is 6.90. The number of rotatable bonds is 6. The van der Waals surface area contributed by atoms with Crippen molar-refractivity contribution in [2.75, 3.05) is 26.2 Å². The molecule has 0 aliphatic carbocycles. The summed E-state index contributed by atoms with van der Waals surface area (Å²) in [5, 5.41) is 20.0. The molecule has 2 saturated heterocycles. The number of hydrogen-bond donors (Lipinski definition) is 2. The van der Waals surface area contributed by atoms with Crippen molar-refractivity contribution in [3.05, 3.63) is 65.3 Å². The number of carbonyl (C=O) groups is 1. The predicted octanol–water partition coefficient (Wildman–Crippen LogP) is 4.29. The molecule has 4 heterocycles. The van der Waals surface area contributed by atoms with Gasteiger partial charge in [0.25, 0.3) is 0 Å². The van der Waals surface area contributed by atoms with Crippen LogP contribution in [0.5, 0.6) is 0 Å². The van der Waals surface area contributed by atoms with Crippen molar-refractivity contribution in [2.45, 2.75) is 65.4 Å². The molecule has 1 amide bonds. The summed E-state index contributed by atoms with van der Waals surface area (Å²) in [7, 11) is 0. The molecule has 8 heteroatoms. The maximum absolute atomic E-state index is 12.4. The number of nitrogens with one attached hydrogen (secondary N) is 1. The van der Waals surface area contributed by atoms with Crippen molar-refractivity contribution in [3.8, 4) is 11.4 Å². The van der Waals surface area contributed by atoms with Crippen molar-refractivity contribution < 1.29 is 14.4 Å². The molecule has 3 aromatic rings. The third-order valence-corrected chi connectivity index (χ3v) is 8.16. The average Bonchev–Trinajstić information content (AvgIpc) is 3.37. The van der Waals surface area contributed by atoms with Crippen LogP contribution in [0.1, 0.15) is 76.0 Å². The SMILES string of the molecule is CC(=O)N1CCC(c2nc(-c3cncc(C(O)(c4ccc(CC(C)(C)C)cc4)C4(C)CNC4)c3)no2)CC1. The molecule has 2 aliphatic rings. The number of hydrogen-bond acceptors (Lipinski definition) is 7. The standard InChI is InChI=1S/C30H39N5O3/c1-20(36)35-12-10-22(11-13-35)27-33-26(34-38-27)23-14-25(17-31-16-23)30(37,29(5)18-32-19-29)24-8-6-21(7-9-24)15-28(2,3)4/h6-9,14,16-17,22,32,37H,10-13,15,18-19H2,1-5H3. The zero-order valence-corrected chi connectivity index (χ0v) is 23.1. The third kappa shape index (κ3) is 4.99. The molecule has 1 aromatic carbocycles. The summed E-state index contributed by atoms with van der Waals surface area (Å²) in [6.07, 6.45) is 6.03. The first-order valence-corrected chi connectivity index (χ1v) is 13.6. The van der Waals surface area contributed by atoms with Crippen molar-refractivity contribution in [1.82, 2.24) is 25.3 Å². The molecule has 0 bridgehead atoms. The lowest BCUT2D eigenvalue weighted by atomic mass is 9.63. The Hall–Kier alpha value is -3.10. The van der Waals surface area contributed by atoms with E-state index in [2.05, 4.69) is 67.4 Å². The average molecular weight is 518 g/mol. The molecular weight excluding hydrogens is 478 g/mol. The van der Waals surface area contributed by atoms with Crippen LogP contribution in [0, 0.1) is 10.8 Å². The molecule has 0 saturated carbocycles. The van der Waals surface area contributed by atoms with E-state index in [4.69, 9.17) is 9.51 Å². The van der Waals surface area contributed by atoms with E-state index in [0.29, 0.717) is 49.0 Å². The van der Waals surface area contributed by atoms with Crippen LogP contribution in [0.2, 0.25) is 0 Å². The van der Waals surface area contributed by atoms with Crippen molar-refractivity contribution in [2.24, 2.45) is 10.8 Å². The highest BCUT2D eigenvalue weighted by atomic mass is 16.5. The fourth-order valence-electron chi connectivity index (χ4n) is 5.82. The van der Waals surface area contributed by atoms with Gasteiger partial charge in [-0.05, 0) is 41.9 Å². The van der Waals surface area contributed by atoms with Gasteiger partial charge in [-0.2, -0.15) is 4.98 Å². The highest BCUT2D eigenvalue weighted by Gasteiger charge is 2.53. The summed E-state index contributed by atoms with van der Waals surface area (Å²) in [4.78, 5) is 22.7. The number of aromatic nitrogens is 3. The first kappa shape index (κ1) is 26.5. The molecule has 1 atom stereocenters. The van der Waals surface area contributed by atoms with Crippen LogP contribution in [0.15, 0.2) is 47.2 Å². The molecule has 0 radical (unpaired) electrons. The van der Waals surface area contributed by atoms with Crippen molar-refractivity contribution in [1.29, 1.82) is 0 Å². The van der Waals surface area contributed by atoms with Crippen molar-refractivity contribution >= 4 is 5.91 Å². The number of benzene rings is 1. The second-order valence-electron chi connectivity index (χ2n) is 12.5. The van der Waals surface area contributed by atoms with E-state index in [1.807, 2.05) is 11.0 Å². The van der Waals surface area contributed by atoms with Gasteiger partial charge in [0.1, 0.15) is 5.60 Å². The van der Waals surface area contributed by atoms with Crippen LogP contribution in [-0.4, -0.2) is 57.2 Å². The first-order chi connectivity index (χ1) is 18.0. The van der Waals surface area contributed by atoms with E-state index in [1.165, 1.54) is 5.56 Å². The molecule has 202 valence electrons. The van der Waals surface area contributed by atoms with Gasteiger partial charge in [0.15, 0.2) is 0 Å². The Balaban J connectivity index is 1.44. The highest BCUT2D eigenvalue weighted by molar-refractivity contribution is 5.73. The summed E-state index contributed by atoms with van der Waals surface area (Å²) < 4.78 is 5.65. The van der Waals surface area contributed by atoms with E-state index in [9.17, 15) is 9.90 Å². The van der Waals surface area contributed by atoms with E-state index in [1.54, 1.807) is 19.3 Å². The zero-order chi connectivity index (χ0) is 27.1. The molecule has 1 unspecified atom stereocenters. The van der Waals surface area contributed by atoms with Crippen molar-refractivity contribution in [3.63, 3.8) is 0 Å². The Morgan fingerprint density at radius 3 is 2.39 bits per heavy atom. The summed E-state index contributed by atoms with van der Waals surface area (Å²) >= 11 is 0. The van der Waals surface area contributed by atoms with E-state index in [0.717, 1.165) is 24.8 Å².